The third-order valence-corrected chi connectivity index (χ3v) is 4.28. The van der Waals surface area contributed by atoms with Crippen molar-refractivity contribution in [3.05, 3.63) is 24.0 Å². The first-order chi connectivity index (χ1) is 9.72. The van der Waals surface area contributed by atoms with Crippen LogP contribution in [0.4, 0.5) is 5.69 Å². The van der Waals surface area contributed by atoms with Crippen molar-refractivity contribution < 1.29 is 0 Å². The number of likely N-dealkylation sites (N-methyl/N-ethyl adjacent to an activating group) is 1. The molecule has 0 saturated heterocycles. The van der Waals surface area contributed by atoms with E-state index < -0.39 is 0 Å². The third kappa shape index (κ3) is 2.52. The second-order valence-electron chi connectivity index (χ2n) is 5.67. The Balaban J connectivity index is 1.92. The van der Waals surface area contributed by atoms with E-state index >= 15 is 0 Å². The summed E-state index contributed by atoms with van der Waals surface area (Å²) in [5, 5.41) is 0. The molecule has 0 aliphatic heterocycles. The van der Waals surface area contributed by atoms with Crippen molar-refractivity contribution in [2.45, 2.75) is 39.2 Å². The van der Waals surface area contributed by atoms with Gasteiger partial charge in [-0.05, 0) is 44.1 Å². The third-order valence-electron chi connectivity index (χ3n) is 4.28. The molecule has 1 saturated carbocycles. The van der Waals surface area contributed by atoms with Crippen LogP contribution in [-0.4, -0.2) is 34.1 Å². The van der Waals surface area contributed by atoms with E-state index in [1.807, 2.05) is 12.1 Å². The molecule has 0 amide bonds. The van der Waals surface area contributed by atoms with Crippen molar-refractivity contribution in [1.29, 1.82) is 0 Å². The number of nitrogen functional groups attached to an aromatic ring is 1. The van der Waals surface area contributed by atoms with Crippen LogP contribution >= 0.6 is 0 Å². The Morgan fingerprint density at radius 1 is 1.30 bits per heavy atom. The molecule has 2 N–H and O–H groups in total. The molecule has 0 atom stereocenters. The summed E-state index contributed by atoms with van der Waals surface area (Å²) in [6.45, 7) is 8.76. The number of anilines is 1. The predicted molar refractivity (Wildman–Crippen MR) is 83.9 cm³/mol. The topological polar surface area (TPSA) is 47.1 Å². The molecule has 1 heterocycles. The lowest BCUT2D eigenvalue weighted by molar-refractivity contribution is 0.290. The molecule has 4 heteroatoms. The highest BCUT2D eigenvalue weighted by molar-refractivity contribution is 5.79. The molecule has 2 aromatic rings. The Hall–Kier alpha value is -1.55. The van der Waals surface area contributed by atoms with E-state index in [1.165, 1.54) is 24.2 Å². The van der Waals surface area contributed by atoms with E-state index in [-0.39, 0.29) is 0 Å². The van der Waals surface area contributed by atoms with Gasteiger partial charge in [-0.1, -0.05) is 13.8 Å². The van der Waals surface area contributed by atoms with Crippen molar-refractivity contribution in [3.8, 4) is 0 Å². The number of nitrogens with zero attached hydrogens (tertiary/aromatic N) is 3. The standard InChI is InChI=1S/C16H24N4/c1-3-19(4-2)9-10-20-15-8-7-13(17)11-14(15)18-16(20)12-5-6-12/h7-8,11-12H,3-6,9-10,17H2,1-2H3. The first-order valence-corrected chi connectivity index (χ1v) is 7.71. The molecule has 3 rings (SSSR count). The maximum absolute atomic E-state index is 5.88. The molecule has 108 valence electrons. The molecule has 20 heavy (non-hydrogen) atoms. The monoisotopic (exact) mass is 272 g/mol. The van der Waals surface area contributed by atoms with Gasteiger partial charge in [0, 0.05) is 24.7 Å². The molecular weight excluding hydrogens is 248 g/mol. The predicted octanol–water partition coefficient (Wildman–Crippen LogP) is 2.84. The minimum Gasteiger partial charge on any atom is -0.399 e. The highest BCUT2D eigenvalue weighted by atomic mass is 15.2. The minimum absolute atomic E-state index is 0.667. The van der Waals surface area contributed by atoms with Crippen molar-refractivity contribution >= 4 is 16.7 Å². The molecule has 1 aromatic carbocycles. The van der Waals surface area contributed by atoms with Gasteiger partial charge in [0.15, 0.2) is 0 Å². The Morgan fingerprint density at radius 3 is 2.70 bits per heavy atom. The lowest BCUT2D eigenvalue weighted by atomic mass is 10.3. The molecule has 0 spiro atoms. The van der Waals surface area contributed by atoms with Gasteiger partial charge in [0.2, 0.25) is 0 Å². The van der Waals surface area contributed by atoms with Crippen molar-refractivity contribution in [2.75, 3.05) is 25.4 Å². The van der Waals surface area contributed by atoms with Crippen LogP contribution in [0.25, 0.3) is 11.0 Å². The van der Waals surface area contributed by atoms with Crippen LogP contribution in [0.5, 0.6) is 0 Å². The summed E-state index contributed by atoms with van der Waals surface area (Å²) < 4.78 is 2.41. The van der Waals surface area contributed by atoms with Crippen LogP contribution in [0.2, 0.25) is 0 Å². The molecule has 0 unspecified atom stereocenters. The van der Waals surface area contributed by atoms with E-state index in [9.17, 15) is 0 Å². The number of imidazole rings is 1. The lowest BCUT2D eigenvalue weighted by Gasteiger charge is -2.19. The SMILES string of the molecule is CCN(CC)CCn1c(C2CC2)nc2cc(N)ccc21. The van der Waals surface area contributed by atoms with Gasteiger partial charge in [0.05, 0.1) is 11.0 Å². The fourth-order valence-corrected chi connectivity index (χ4v) is 2.83. The molecule has 1 fully saturated rings. The number of aromatic nitrogens is 2. The number of fused-ring (bicyclic) bond motifs is 1. The second-order valence-corrected chi connectivity index (χ2v) is 5.67. The Labute approximate surface area is 120 Å². The smallest absolute Gasteiger partial charge is 0.113 e. The number of hydrogen-bond acceptors (Lipinski definition) is 3. The largest absolute Gasteiger partial charge is 0.399 e. The maximum Gasteiger partial charge on any atom is 0.113 e. The van der Waals surface area contributed by atoms with Gasteiger partial charge in [-0.15, -0.1) is 0 Å². The zero-order valence-electron chi connectivity index (χ0n) is 12.5. The van der Waals surface area contributed by atoms with E-state index in [2.05, 4.69) is 29.4 Å². The summed E-state index contributed by atoms with van der Waals surface area (Å²) in [6.07, 6.45) is 2.56. The zero-order chi connectivity index (χ0) is 14.1. The Morgan fingerprint density at radius 2 is 2.05 bits per heavy atom. The zero-order valence-corrected chi connectivity index (χ0v) is 12.5. The summed E-state index contributed by atoms with van der Waals surface area (Å²) >= 11 is 0. The van der Waals surface area contributed by atoms with Crippen LogP contribution in [0.1, 0.15) is 38.4 Å². The molecule has 4 nitrogen and oxygen atoms in total. The fraction of sp³-hybridized carbons (Fsp3) is 0.562. The number of hydrogen-bond donors (Lipinski definition) is 1. The van der Waals surface area contributed by atoms with E-state index in [0.717, 1.165) is 37.4 Å². The van der Waals surface area contributed by atoms with Crippen molar-refractivity contribution in [3.63, 3.8) is 0 Å². The van der Waals surface area contributed by atoms with Crippen LogP contribution in [0.3, 0.4) is 0 Å². The van der Waals surface area contributed by atoms with Gasteiger partial charge in [-0.3, -0.25) is 0 Å². The first kappa shape index (κ1) is 13.4. The normalized spacial score (nSPS) is 15.3. The van der Waals surface area contributed by atoms with Gasteiger partial charge in [0.1, 0.15) is 5.82 Å². The van der Waals surface area contributed by atoms with Crippen LogP contribution < -0.4 is 5.73 Å². The molecular formula is C16H24N4. The average molecular weight is 272 g/mol. The second kappa shape index (κ2) is 5.44. The summed E-state index contributed by atoms with van der Waals surface area (Å²) in [7, 11) is 0. The summed E-state index contributed by atoms with van der Waals surface area (Å²) in [5.41, 5.74) is 8.96. The fourth-order valence-electron chi connectivity index (χ4n) is 2.83. The highest BCUT2D eigenvalue weighted by Gasteiger charge is 2.29. The van der Waals surface area contributed by atoms with Gasteiger partial charge in [0.25, 0.3) is 0 Å². The van der Waals surface area contributed by atoms with E-state index in [1.54, 1.807) is 0 Å². The Bertz CT molecular complexity index is 594. The first-order valence-electron chi connectivity index (χ1n) is 7.71. The van der Waals surface area contributed by atoms with E-state index in [4.69, 9.17) is 10.7 Å². The lowest BCUT2D eigenvalue weighted by Crippen LogP contribution is -2.27. The summed E-state index contributed by atoms with van der Waals surface area (Å²) in [4.78, 5) is 7.29. The van der Waals surface area contributed by atoms with E-state index in [0.29, 0.717) is 5.92 Å². The van der Waals surface area contributed by atoms with Crippen LogP contribution in [0.15, 0.2) is 18.2 Å². The molecule has 0 radical (unpaired) electrons. The number of nitrogens with two attached hydrogens (primary N) is 1. The Kier molecular flexibility index (Phi) is 3.66. The van der Waals surface area contributed by atoms with Crippen LogP contribution in [-0.2, 0) is 6.54 Å². The highest BCUT2D eigenvalue weighted by Crippen LogP contribution is 2.40. The summed E-state index contributed by atoms with van der Waals surface area (Å²) in [5.74, 6) is 1.93. The summed E-state index contributed by atoms with van der Waals surface area (Å²) in [6, 6.07) is 6.09. The van der Waals surface area contributed by atoms with Gasteiger partial charge >= 0.3 is 0 Å². The number of benzene rings is 1. The van der Waals surface area contributed by atoms with Gasteiger partial charge < -0.3 is 15.2 Å². The molecule has 1 aromatic heterocycles. The van der Waals surface area contributed by atoms with Gasteiger partial charge in [-0.2, -0.15) is 0 Å². The van der Waals surface area contributed by atoms with Crippen molar-refractivity contribution in [2.24, 2.45) is 0 Å². The molecule has 1 aliphatic carbocycles. The molecule has 0 bridgehead atoms. The van der Waals surface area contributed by atoms with Crippen LogP contribution in [0, 0.1) is 0 Å². The minimum atomic E-state index is 0.667. The average Bonchev–Trinajstić information content (AvgIpc) is 3.23. The number of rotatable bonds is 6. The van der Waals surface area contributed by atoms with Gasteiger partial charge in [-0.25, -0.2) is 4.98 Å². The maximum atomic E-state index is 5.88. The quantitative estimate of drug-likeness (QED) is 0.823. The van der Waals surface area contributed by atoms with Crippen molar-refractivity contribution in [1.82, 2.24) is 14.5 Å². The molecule has 1 aliphatic rings.